The molecule has 1 aliphatic rings. The van der Waals surface area contributed by atoms with E-state index in [0.717, 1.165) is 12.8 Å². The van der Waals surface area contributed by atoms with Gasteiger partial charge in [-0.1, -0.05) is 6.92 Å². The summed E-state index contributed by atoms with van der Waals surface area (Å²) in [6, 6.07) is 6.16. The molecule has 1 aliphatic heterocycles. The van der Waals surface area contributed by atoms with Gasteiger partial charge in [0.05, 0.1) is 11.5 Å². The molecule has 1 saturated heterocycles. The van der Waals surface area contributed by atoms with E-state index in [9.17, 15) is 13.2 Å². The minimum atomic E-state index is -3.52. The SMILES string of the molecule is CCCOC[C@H]1CCN(S(=O)(=O)c2ccc(C(=O)NC(C)C)cc2)C1. The summed E-state index contributed by atoms with van der Waals surface area (Å²) in [6.45, 7) is 8.13. The van der Waals surface area contributed by atoms with Crippen LogP contribution in [0.3, 0.4) is 0 Å². The molecule has 25 heavy (non-hydrogen) atoms. The first-order valence-corrected chi connectivity index (χ1v) is 10.3. The van der Waals surface area contributed by atoms with Crippen LogP contribution in [0.15, 0.2) is 29.2 Å². The first-order valence-electron chi connectivity index (χ1n) is 8.83. The lowest BCUT2D eigenvalue weighted by molar-refractivity contribution is 0.0943. The molecular formula is C18H28N2O4S. The molecule has 6 nitrogen and oxygen atoms in total. The van der Waals surface area contributed by atoms with Gasteiger partial charge in [0.2, 0.25) is 10.0 Å². The summed E-state index contributed by atoms with van der Waals surface area (Å²) < 4.78 is 32.6. The number of benzene rings is 1. The Labute approximate surface area is 150 Å². The number of rotatable bonds is 8. The van der Waals surface area contributed by atoms with E-state index < -0.39 is 10.0 Å². The summed E-state index contributed by atoms with van der Waals surface area (Å²) in [7, 11) is -3.52. The molecule has 1 amide bonds. The van der Waals surface area contributed by atoms with Crippen molar-refractivity contribution in [1.29, 1.82) is 0 Å². The summed E-state index contributed by atoms with van der Waals surface area (Å²) >= 11 is 0. The van der Waals surface area contributed by atoms with Gasteiger partial charge in [-0.2, -0.15) is 4.31 Å². The molecule has 1 N–H and O–H groups in total. The van der Waals surface area contributed by atoms with Crippen LogP contribution in [0.1, 0.15) is 44.0 Å². The van der Waals surface area contributed by atoms with Crippen molar-refractivity contribution in [3.63, 3.8) is 0 Å². The second kappa shape index (κ2) is 8.78. The number of hydrogen-bond donors (Lipinski definition) is 1. The van der Waals surface area contributed by atoms with Gasteiger partial charge in [-0.15, -0.1) is 0 Å². The van der Waals surface area contributed by atoms with E-state index in [2.05, 4.69) is 12.2 Å². The fourth-order valence-electron chi connectivity index (χ4n) is 2.82. The van der Waals surface area contributed by atoms with Gasteiger partial charge < -0.3 is 10.1 Å². The number of amides is 1. The highest BCUT2D eigenvalue weighted by Gasteiger charge is 2.32. The van der Waals surface area contributed by atoms with Crippen molar-refractivity contribution in [1.82, 2.24) is 9.62 Å². The Balaban J connectivity index is 2.01. The van der Waals surface area contributed by atoms with E-state index >= 15 is 0 Å². The van der Waals surface area contributed by atoms with Crippen LogP contribution >= 0.6 is 0 Å². The number of nitrogens with one attached hydrogen (secondary N) is 1. The Kier molecular flexibility index (Phi) is 6.98. The van der Waals surface area contributed by atoms with Crippen LogP contribution in [0.4, 0.5) is 0 Å². The highest BCUT2D eigenvalue weighted by molar-refractivity contribution is 7.89. The van der Waals surface area contributed by atoms with E-state index in [-0.39, 0.29) is 22.8 Å². The first-order chi connectivity index (χ1) is 11.8. The van der Waals surface area contributed by atoms with Crippen LogP contribution in [0.5, 0.6) is 0 Å². The normalized spacial score (nSPS) is 18.6. The molecule has 1 aromatic carbocycles. The summed E-state index contributed by atoms with van der Waals surface area (Å²) in [5, 5.41) is 2.79. The van der Waals surface area contributed by atoms with Crippen LogP contribution in [-0.4, -0.2) is 51.0 Å². The molecule has 0 aromatic heterocycles. The molecule has 0 aliphatic carbocycles. The van der Waals surface area contributed by atoms with Crippen molar-refractivity contribution >= 4 is 15.9 Å². The van der Waals surface area contributed by atoms with E-state index in [1.54, 1.807) is 12.1 Å². The van der Waals surface area contributed by atoms with Crippen LogP contribution in [0.2, 0.25) is 0 Å². The van der Waals surface area contributed by atoms with E-state index in [1.165, 1.54) is 16.4 Å². The lowest BCUT2D eigenvalue weighted by atomic mass is 10.1. The molecule has 1 heterocycles. The van der Waals surface area contributed by atoms with E-state index in [0.29, 0.717) is 31.9 Å². The Hall–Kier alpha value is -1.44. The molecule has 0 bridgehead atoms. The number of carbonyl (C=O) groups excluding carboxylic acids is 1. The third kappa shape index (κ3) is 5.26. The minimum Gasteiger partial charge on any atom is -0.381 e. The summed E-state index contributed by atoms with van der Waals surface area (Å²) in [4.78, 5) is 12.2. The van der Waals surface area contributed by atoms with Gasteiger partial charge in [-0.3, -0.25) is 4.79 Å². The van der Waals surface area contributed by atoms with Crippen molar-refractivity contribution in [3.05, 3.63) is 29.8 Å². The standard InChI is InChI=1S/C18H28N2O4S/c1-4-11-24-13-15-9-10-20(12-15)25(22,23)17-7-5-16(6-8-17)18(21)19-14(2)3/h5-8,14-15H,4,9-13H2,1-3H3,(H,19,21)/t15-/m0/s1. The van der Waals surface area contributed by atoms with Gasteiger partial charge in [0.1, 0.15) is 0 Å². The predicted molar refractivity (Wildman–Crippen MR) is 97.0 cm³/mol. The third-order valence-electron chi connectivity index (χ3n) is 4.12. The van der Waals surface area contributed by atoms with Gasteiger partial charge in [-0.25, -0.2) is 8.42 Å². The number of nitrogens with zero attached hydrogens (tertiary/aromatic N) is 1. The molecule has 1 atom stereocenters. The molecule has 1 aromatic rings. The first kappa shape index (κ1) is 19.9. The maximum atomic E-state index is 12.8. The third-order valence-corrected chi connectivity index (χ3v) is 6.00. The monoisotopic (exact) mass is 368 g/mol. The molecular weight excluding hydrogens is 340 g/mol. The number of sulfonamides is 1. The van der Waals surface area contributed by atoms with Crippen molar-refractivity contribution in [2.45, 2.75) is 44.6 Å². The number of hydrogen-bond acceptors (Lipinski definition) is 4. The van der Waals surface area contributed by atoms with Crippen LogP contribution in [0.25, 0.3) is 0 Å². The molecule has 7 heteroatoms. The van der Waals surface area contributed by atoms with Crippen LogP contribution in [-0.2, 0) is 14.8 Å². The second-order valence-electron chi connectivity index (χ2n) is 6.75. The largest absolute Gasteiger partial charge is 0.381 e. The van der Waals surface area contributed by atoms with Crippen LogP contribution < -0.4 is 5.32 Å². The summed E-state index contributed by atoms with van der Waals surface area (Å²) in [6.07, 6.45) is 1.78. The topological polar surface area (TPSA) is 75.7 Å². The maximum absolute atomic E-state index is 12.8. The fraction of sp³-hybridized carbons (Fsp3) is 0.611. The highest BCUT2D eigenvalue weighted by atomic mass is 32.2. The molecule has 140 valence electrons. The molecule has 0 unspecified atom stereocenters. The molecule has 0 spiro atoms. The van der Waals surface area contributed by atoms with Crippen molar-refractivity contribution in [3.8, 4) is 0 Å². The zero-order chi connectivity index (χ0) is 18.4. The Morgan fingerprint density at radius 1 is 1.32 bits per heavy atom. The molecule has 0 radical (unpaired) electrons. The average Bonchev–Trinajstić information content (AvgIpc) is 3.04. The lowest BCUT2D eigenvalue weighted by Gasteiger charge is -2.17. The van der Waals surface area contributed by atoms with Gasteiger partial charge >= 0.3 is 0 Å². The Morgan fingerprint density at radius 2 is 2.00 bits per heavy atom. The highest BCUT2D eigenvalue weighted by Crippen LogP contribution is 2.24. The minimum absolute atomic E-state index is 0.0346. The Morgan fingerprint density at radius 3 is 2.60 bits per heavy atom. The number of ether oxygens (including phenoxy) is 1. The van der Waals surface area contributed by atoms with Gasteiger partial charge in [0.25, 0.3) is 5.91 Å². The van der Waals surface area contributed by atoms with Gasteiger partial charge in [-0.05, 0) is 56.9 Å². The Bertz CT molecular complexity index is 671. The zero-order valence-electron chi connectivity index (χ0n) is 15.2. The van der Waals surface area contributed by atoms with Crippen LogP contribution in [0, 0.1) is 5.92 Å². The molecule has 0 saturated carbocycles. The number of carbonyl (C=O) groups is 1. The lowest BCUT2D eigenvalue weighted by Crippen LogP contribution is -2.31. The van der Waals surface area contributed by atoms with Gasteiger partial charge in [0, 0.05) is 31.3 Å². The second-order valence-corrected chi connectivity index (χ2v) is 8.68. The van der Waals surface area contributed by atoms with Gasteiger partial charge in [0.15, 0.2) is 0 Å². The quantitative estimate of drug-likeness (QED) is 0.714. The summed E-state index contributed by atoms with van der Waals surface area (Å²) in [5.41, 5.74) is 0.458. The fourth-order valence-corrected chi connectivity index (χ4v) is 4.35. The van der Waals surface area contributed by atoms with E-state index in [1.807, 2.05) is 13.8 Å². The van der Waals surface area contributed by atoms with E-state index in [4.69, 9.17) is 4.74 Å². The smallest absolute Gasteiger partial charge is 0.251 e. The maximum Gasteiger partial charge on any atom is 0.251 e. The van der Waals surface area contributed by atoms with Crippen molar-refractivity contribution < 1.29 is 17.9 Å². The average molecular weight is 368 g/mol. The van der Waals surface area contributed by atoms with Crippen molar-refractivity contribution in [2.75, 3.05) is 26.3 Å². The zero-order valence-corrected chi connectivity index (χ0v) is 16.0. The summed E-state index contributed by atoms with van der Waals surface area (Å²) in [5.74, 6) is 0.0469. The van der Waals surface area contributed by atoms with Crippen molar-refractivity contribution in [2.24, 2.45) is 5.92 Å². The predicted octanol–water partition coefficient (Wildman–Crippen LogP) is 2.26. The molecule has 2 rings (SSSR count). The molecule has 1 fully saturated rings.